The normalized spacial score (nSPS) is 18.5. The van der Waals surface area contributed by atoms with Gasteiger partial charge in [0.2, 0.25) is 5.91 Å². The molecule has 3 aromatic rings. The Balaban J connectivity index is 1.54. The number of aromatic nitrogens is 2. The highest BCUT2D eigenvalue weighted by Crippen LogP contribution is 2.36. The zero-order chi connectivity index (χ0) is 21.1. The molecule has 0 aliphatic carbocycles. The quantitative estimate of drug-likeness (QED) is 0.662. The van der Waals surface area contributed by atoms with Crippen molar-refractivity contribution in [3.63, 3.8) is 0 Å². The van der Waals surface area contributed by atoms with Crippen LogP contribution >= 0.6 is 11.3 Å². The lowest BCUT2D eigenvalue weighted by Crippen LogP contribution is -2.45. The van der Waals surface area contributed by atoms with Crippen molar-refractivity contribution >= 4 is 23.2 Å². The van der Waals surface area contributed by atoms with Crippen LogP contribution in [-0.2, 0) is 18.3 Å². The van der Waals surface area contributed by atoms with Crippen molar-refractivity contribution in [3.8, 4) is 10.4 Å². The predicted molar refractivity (Wildman–Crippen MR) is 118 cm³/mol. The van der Waals surface area contributed by atoms with Crippen LogP contribution in [0, 0.1) is 5.41 Å². The maximum absolute atomic E-state index is 13.1. The Morgan fingerprint density at radius 1 is 1.20 bits per heavy atom. The second-order valence-corrected chi connectivity index (χ2v) is 8.79. The maximum atomic E-state index is 13.1. The molecule has 1 aliphatic rings. The Bertz CT molecular complexity index is 1030. The summed E-state index contributed by atoms with van der Waals surface area (Å²) in [6, 6.07) is 14.3. The van der Waals surface area contributed by atoms with E-state index in [1.54, 1.807) is 40.2 Å². The molecule has 1 aromatic carbocycles. The van der Waals surface area contributed by atoms with Crippen LogP contribution in [0.1, 0.15) is 29.4 Å². The van der Waals surface area contributed by atoms with Crippen molar-refractivity contribution in [1.82, 2.24) is 20.0 Å². The molecule has 3 heterocycles. The van der Waals surface area contributed by atoms with Gasteiger partial charge in [0, 0.05) is 37.8 Å². The summed E-state index contributed by atoms with van der Waals surface area (Å²) in [6.45, 7) is 3.46. The van der Waals surface area contributed by atoms with Crippen molar-refractivity contribution in [3.05, 3.63) is 65.3 Å². The molecule has 6 nitrogen and oxygen atoms in total. The highest BCUT2D eigenvalue weighted by molar-refractivity contribution is 7.13. The van der Waals surface area contributed by atoms with Crippen molar-refractivity contribution in [1.29, 1.82) is 0 Å². The molecule has 1 N–H and O–H groups in total. The minimum Gasteiger partial charge on any atom is -0.356 e. The fraction of sp³-hybridized carbons (Fsp3) is 0.348. The molecule has 30 heavy (non-hydrogen) atoms. The largest absolute Gasteiger partial charge is 0.356 e. The molecule has 2 amide bonds. The average molecular weight is 423 g/mol. The summed E-state index contributed by atoms with van der Waals surface area (Å²) < 4.78 is 1.62. The highest BCUT2D eigenvalue weighted by Gasteiger charge is 2.46. The Morgan fingerprint density at radius 2 is 2.00 bits per heavy atom. The number of amides is 2. The van der Waals surface area contributed by atoms with Crippen LogP contribution in [0.5, 0.6) is 0 Å². The van der Waals surface area contributed by atoms with Crippen LogP contribution < -0.4 is 5.32 Å². The van der Waals surface area contributed by atoms with Gasteiger partial charge in [0.15, 0.2) is 0 Å². The zero-order valence-corrected chi connectivity index (χ0v) is 18.1. The lowest BCUT2D eigenvalue weighted by molar-refractivity contribution is -0.130. The van der Waals surface area contributed by atoms with E-state index in [0.29, 0.717) is 38.2 Å². The summed E-state index contributed by atoms with van der Waals surface area (Å²) >= 11 is 1.71. The van der Waals surface area contributed by atoms with Crippen molar-refractivity contribution in [2.24, 2.45) is 12.5 Å². The number of hydrogen-bond acceptors (Lipinski definition) is 4. The topological polar surface area (TPSA) is 67.2 Å². The summed E-state index contributed by atoms with van der Waals surface area (Å²) in [4.78, 5) is 28.9. The lowest BCUT2D eigenvalue weighted by Gasteiger charge is -2.28. The van der Waals surface area contributed by atoms with Crippen LogP contribution in [0.2, 0.25) is 0 Å². The van der Waals surface area contributed by atoms with Gasteiger partial charge >= 0.3 is 0 Å². The molecule has 7 heteroatoms. The fourth-order valence-electron chi connectivity index (χ4n) is 4.12. The summed E-state index contributed by atoms with van der Waals surface area (Å²) in [6.07, 6.45) is 3.01. The number of aryl methyl sites for hydroxylation is 1. The third kappa shape index (κ3) is 4.03. The molecule has 156 valence electrons. The van der Waals surface area contributed by atoms with E-state index in [9.17, 15) is 9.59 Å². The molecule has 0 bridgehead atoms. The van der Waals surface area contributed by atoms with Gasteiger partial charge in [0.05, 0.1) is 5.41 Å². The van der Waals surface area contributed by atoms with E-state index in [1.165, 1.54) is 10.4 Å². The van der Waals surface area contributed by atoms with Crippen LogP contribution in [0.3, 0.4) is 0 Å². The minimum absolute atomic E-state index is 0.0173. The van der Waals surface area contributed by atoms with E-state index >= 15 is 0 Å². The summed E-state index contributed by atoms with van der Waals surface area (Å²) in [5.41, 5.74) is 2.09. The predicted octanol–water partition coefficient (Wildman–Crippen LogP) is 3.36. The minimum atomic E-state index is -0.620. The van der Waals surface area contributed by atoms with E-state index in [0.717, 1.165) is 5.56 Å². The van der Waals surface area contributed by atoms with Crippen molar-refractivity contribution in [2.75, 3.05) is 19.6 Å². The summed E-state index contributed by atoms with van der Waals surface area (Å²) in [7, 11) is 1.79. The first kappa shape index (κ1) is 20.3. The molecule has 2 aromatic heterocycles. The second-order valence-electron chi connectivity index (χ2n) is 7.84. The van der Waals surface area contributed by atoms with E-state index in [-0.39, 0.29) is 11.8 Å². The maximum Gasteiger partial charge on any atom is 0.274 e. The number of carbonyl (C=O) groups is 2. The monoisotopic (exact) mass is 422 g/mol. The molecule has 0 spiro atoms. The Hall–Kier alpha value is -2.93. The lowest BCUT2D eigenvalue weighted by atomic mass is 9.79. The second kappa shape index (κ2) is 8.44. The molecular weight excluding hydrogens is 396 g/mol. The van der Waals surface area contributed by atoms with Crippen molar-refractivity contribution < 1.29 is 9.59 Å². The highest BCUT2D eigenvalue weighted by atomic mass is 32.1. The van der Waals surface area contributed by atoms with Gasteiger partial charge in [-0.1, -0.05) is 30.3 Å². The van der Waals surface area contributed by atoms with Crippen LogP contribution in [-0.4, -0.2) is 46.1 Å². The number of benzene rings is 1. The third-order valence-electron chi connectivity index (χ3n) is 5.69. The summed E-state index contributed by atoms with van der Waals surface area (Å²) in [5, 5.41) is 9.29. The van der Waals surface area contributed by atoms with E-state index in [4.69, 9.17) is 0 Å². The Labute approximate surface area is 180 Å². The van der Waals surface area contributed by atoms with Gasteiger partial charge in [-0.2, -0.15) is 5.10 Å². The molecule has 1 aliphatic heterocycles. The van der Waals surface area contributed by atoms with Gasteiger partial charge in [-0.15, -0.1) is 11.3 Å². The number of carbonyl (C=O) groups excluding carboxylic acids is 2. The van der Waals surface area contributed by atoms with Gasteiger partial charge in [0.1, 0.15) is 5.69 Å². The van der Waals surface area contributed by atoms with Gasteiger partial charge < -0.3 is 10.2 Å². The number of rotatable bonds is 6. The SMILES string of the molecule is CCNC(=O)C1(Cc2ccc(-c3cccs3)cc2)CCN(C(=O)c2ccn(C)n2)C1. The molecule has 0 saturated carbocycles. The van der Waals surface area contributed by atoms with Crippen LogP contribution in [0.15, 0.2) is 54.0 Å². The van der Waals surface area contributed by atoms with Gasteiger partial charge in [-0.25, -0.2) is 0 Å². The molecule has 0 radical (unpaired) electrons. The molecule has 1 saturated heterocycles. The van der Waals surface area contributed by atoms with Crippen LogP contribution in [0.25, 0.3) is 10.4 Å². The van der Waals surface area contributed by atoms with Crippen molar-refractivity contribution in [2.45, 2.75) is 19.8 Å². The first-order valence-corrected chi connectivity index (χ1v) is 11.1. The molecule has 1 atom stereocenters. The number of thiophene rings is 1. The zero-order valence-electron chi connectivity index (χ0n) is 17.3. The number of nitrogens with one attached hydrogen (secondary N) is 1. The number of likely N-dealkylation sites (tertiary alicyclic amines) is 1. The number of hydrogen-bond donors (Lipinski definition) is 1. The molecule has 4 rings (SSSR count). The van der Waals surface area contributed by atoms with Gasteiger partial charge in [-0.05, 0) is 48.4 Å². The Kier molecular flexibility index (Phi) is 5.72. The van der Waals surface area contributed by atoms with E-state index in [1.807, 2.05) is 13.0 Å². The third-order valence-corrected chi connectivity index (χ3v) is 6.61. The standard InChI is InChI=1S/C23H26N4O2S/c1-3-24-22(29)23(11-13-27(16-23)21(28)19-10-12-26(2)25-19)15-17-6-8-18(9-7-17)20-5-4-14-30-20/h4-10,12,14H,3,11,13,15-16H2,1-2H3,(H,24,29). The smallest absolute Gasteiger partial charge is 0.274 e. The first-order valence-electron chi connectivity index (χ1n) is 10.2. The fourth-order valence-corrected chi connectivity index (χ4v) is 4.85. The molecular formula is C23H26N4O2S. The molecule has 1 unspecified atom stereocenters. The van der Waals surface area contributed by atoms with E-state index in [2.05, 4.69) is 46.1 Å². The van der Waals surface area contributed by atoms with Crippen LogP contribution in [0.4, 0.5) is 0 Å². The summed E-state index contributed by atoms with van der Waals surface area (Å²) in [5.74, 6) is -0.0986. The first-order chi connectivity index (χ1) is 14.5. The van der Waals surface area contributed by atoms with Gasteiger partial charge in [0.25, 0.3) is 5.91 Å². The van der Waals surface area contributed by atoms with E-state index < -0.39 is 5.41 Å². The Morgan fingerprint density at radius 3 is 2.63 bits per heavy atom. The molecule has 1 fully saturated rings. The number of nitrogens with zero attached hydrogens (tertiary/aromatic N) is 3. The average Bonchev–Trinajstić information content (AvgIpc) is 3.50. The van der Waals surface area contributed by atoms with Gasteiger partial charge in [-0.3, -0.25) is 14.3 Å².